The number of benzene rings is 2. The van der Waals surface area contributed by atoms with Crippen LogP contribution in [0.1, 0.15) is 48.0 Å². The number of halogens is 1. The summed E-state index contributed by atoms with van der Waals surface area (Å²) in [5.41, 5.74) is 2.05. The number of carbonyl (C=O) groups is 1. The summed E-state index contributed by atoms with van der Waals surface area (Å²) in [5, 5.41) is 4.10. The first-order valence-electron chi connectivity index (χ1n) is 11.1. The monoisotopic (exact) mass is 426 g/mol. The topological polar surface area (TPSA) is 41.6 Å². The van der Waals surface area contributed by atoms with E-state index in [1.54, 1.807) is 7.11 Å². The van der Waals surface area contributed by atoms with Crippen molar-refractivity contribution in [3.63, 3.8) is 0 Å². The van der Waals surface area contributed by atoms with Gasteiger partial charge in [0.25, 0.3) is 5.91 Å². The lowest BCUT2D eigenvalue weighted by Crippen LogP contribution is -2.51. The summed E-state index contributed by atoms with van der Waals surface area (Å²) in [5.74, 6) is 1.45. The van der Waals surface area contributed by atoms with Crippen molar-refractivity contribution in [2.75, 3.05) is 20.2 Å². The van der Waals surface area contributed by atoms with E-state index in [2.05, 4.69) is 22.3 Å². The third-order valence-corrected chi connectivity index (χ3v) is 6.94. The molecule has 1 amide bonds. The van der Waals surface area contributed by atoms with Crippen LogP contribution in [0.2, 0.25) is 5.02 Å². The van der Waals surface area contributed by atoms with Crippen molar-refractivity contribution in [3.05, 3.63) is 64.7 Å². The zero-order valence-corrected chi connectivity index (χ0v) is 18.4. The predicted molar refractivity (Wildman–Crippen MR) is 121 cm³/mol. The second kappa shape index (κ2) is 9.84. The highest BCUT2D eigenvalue weighted by molar-refractivity contribution is 6.30. The lowest BCUT2D eigenvalue weighted by molar-refractivity contribution is 0.0862. The Kier molecular flexibility index (Phi) is 6.96. The standard InChI is InChI=1S/C25H31ClN2O2/c1-30-22-5-2-4-20(17-22)25(29)27-23-6-3-7-24(23)28-14-12-19(13-15-28)16-18-8-10-21(26)11-9-18/h2,4-5,8-11,17,19,23-24H,3,6-7,12-16H2,1H3,(H,27,29)/t23-,24-/m1/s1. The van der Waals surface area contributed by atoms with Gasteiger partial charge in [-0.15, -0.1) is 0 Å². The average Bonchev–Trinajstić information content (AvgIpc) is 3.24. The maximum Gasteiger partial charge on any atom is 0.251 e. The SMILES string of the molecule is COc1cccc(C(=O)N[C@@H]2CCC[C@H]2N2CCC(Cc3ccc(Cl)cc3)CC2)c1. The van der Waals surface area contributed by atoms with Crippen molar-refractivity contribution in [1.82, 2.24) is 10.2 Å². The number of ether oxygens (including phenoxy) is 1. The molecule has 2 atom stereocenters. The summed E-state index contributed by atoms with van der Waals surface area (Å²) in [6.07, 6.45) is 6.98. The van der Waals surface area contributed by atoms with Crippen molar-refractivity contribution < 1.29 is 9.53 Å². The van der Waals surface area contributed by atoms with Crippen LogP contribution in [0.4, 0.5) is 0 Å². The van der Waals surface area contributed by atoms with E-state index >= 15 is 0 Å². The minimum Gasteiger partial charge on any atom is -0.497 e. The average molecular weight is 427 g/mol. The Hall–Kier alpha value is -2.04. The number of methoxy groups -OCH3 is 1. The lowest BCUT2D eigenvalue weighted by Gasteiger charge is -2.38. The predicted octanol–water partition coefficient (Wildman–Crippen LogP) is 4.95. The number of hydrogen-bond acceptors (Lipinski definition) is 3. The maximum absolute atomic E-state index is 12.8. The zero-order valence-electron chi connectivity index (χ0n) is 17.6. The molecule has 30 heavy (non-hydrogen) atoms. The molecule has 2 fully saturated rings. The third-order valence-electron chi connectivity index (χ3n) is 6.68. The van der Waals surface area contributed by atoms with Crippen LogP contribution in [0, 0.1) is 5.92 Å². The normalized spacial score (nSPS) is 22.7. The number of carbonyl (C=O) groups excluding carboxylic acids is 1. The molecule has 1 N–H and O–H groups in total. The highest BCUT2D eigenvalue weighted by atomic mass is 35.5. The number of nitrogens with one attached hydrogen (secondary N) is 1. The second-order valence-electron chi connectivity index (χ2n) is 8.62. The Labute approximate surface area is 184 Å². The molecular weight excluding hydrogens is 396 g/mol. The quantitative estimate of drug-likeness (QED) is 0.710. The molecule has 2 aromatic rings. The first-order valence-corrected chi connectivity index (χ1v) is 11.4. The number of amides is 1. The molecule has 2 aromatic carbocycles. The number of nitrogens with zero attached hydrogens (tertiary/aromatic N) is 1. The molecule has 5 heteroatoms. The maximum atomic E-state index is 12.8. The summed E-state index contributed by atoms with van der Waals surface area (Å²) in [6.45, 7) is 2.24. The zero-order chi connectivity index (χ0) is 20.9. The molecule has 1 saturated heterocycles. The van der Waals surface area contributed by atoms with Gasteiger partial charge in [-0.25, -0.2) is 0 Å². The van der Waals surface area contributed by atoms with Crippen LogP contribution in [0.15, 0.2) is 48.5 Å². The summed E-state index contributed by atoms with van der Waals surface area (Å²) < 4.78 is 5.25. The minimum absolute atomic E-state index is 0.00317. The first kappa shape index (κ1) is 21.2. The molecule has 2 aliphatic rings. The van der Waals surface area contributed by atoms with E-state index in [9.17, 15) is 4.79 Å². The van der Waals surface area contributed by atoms with E-state index in [-0.39, 0.29) is 11.9 Å². The van der Waals surface area contributed by atoms with Gasteiger partial charge >= 0.3 is 0 Å². The van der Waals surface area contributed by atoms with Crippen LogP contribution in [0.5, 0.6) is 5.75 Å². The smallest absolute Gasteiger partial charge is 0.251 e. The van der Waals surface area contributed by atoms with Crippen LogP contribution in [0.25, 0.3) is 0 Å². The van der Waals surface area contributed by atoms with E-state index < -0.39 is 0 Å². The van der Waals surface area contributed by atoms with Crippen molar-refractivity contribution in [2.45, 2.75) is 50.6 Å². The van der Waals surface area contributed by atoms with Crippen LogP contribution >= 0.6 is 11.6 Å². The Balaban J connectivity index is 1.30. The van der Waals surface area contributed by atoms with Gasteiger partial charge in [-0.1, -0.05) is 29.8 Å². The highest BCUT2D eigenvalue weighted by Crippen LogP contribution is 2.30. The summed E-state index contributed by atoms with van der Waals surface area (Å²) in [7, 11) is 1.63. The van der Waals surface area contributed by atoms with Crippen LogP contribution in [0.3, 0.4) is 0 Å². The summed E-state index contributed by atoms with van der Waals surface area (Å²) >= 11 is 6.01. The Morgan fingerprint density at radius 3 is 2.60 bits per heavy atom. The Bertz CT molecular complexity index is 846. The van der Waals surface area contributed by atoms with Gasteiger partial charge in [0.1, 0.15) is 5.75 Å². The van der Waals surface area contributed by atoms with Crippen molar-refractivity contribution in [1.29, 1.82) is 0 Å². The van der Waals surface area contributed by atoms with Gasteiger partial charge in [-0.3, -0.25) is 9.69 Å². The first-order chi connectivity index (χ1) is 14.6. The minimum atomic E-state index is 0.00317. The van der Waals surface area contributed by atoms with Gasteiger partial charge in [0, 0.05) is 22.7 Å². The van der Waals surface area contributed by atoms with E-state index in [1.165, 1.54) is 31.2 Å². The van der Waals surface area contributed by atoms with E-state index in [0.717, 1.165) is 36.9 Å². The van der Waals surface area contributed by atoms with Crippen molar-refractivity contribution in [2.24, 2.45) is 5.92 Å². The van der Waals surface area contributed by atoms with Gasteiger partial charge in [0.05, 0.1) is 7.11 Å². The van der Waals surface area contributed by atoms with Gasteiger partial charge in [-0.2, -0.15) is 0 Å². The van der Waals surface area contributed by atoms with Crippen molar-refractivity contribution in [3.8, 4) is 5.75 Å². The molecule has 1 aliphatic heterocycles. The molecule has 0 bridgehead atoms. The molecule has 1 saturated carbocycles. The van der Waals surface area contributed by atoms with E-state index in [4.69, 9.17) is 16.3 Å². The lowest BCUT2D eigenvalue weighted by atomic mass is 9.89. The molecule has 4 rings (SSSR count). The van der Waals surface area contributed by atoms with E-state index in [1.807, 2.05) is 36.4 Å². The summed E-state index contributed by atoms with van der Waals surface area (Å²) in [6, 6.07) is 16.3. The number of likely N-dealkylation sites (tertiary alicyclic amines) is 1. The number of rotatable bonds is 6. The molecule has 0 unspecified atom stereocenters. The van der Waals surface area contributed by atoms with Crippen LogP contribution in [-0.4, -0.2) is 43.1 Å². The van der Waals surface area contributed by atoms with Gasteiger partial charge < -0.3 is 10.1 Å². The molecule has 1 aliphatic carbocycles. The molecule has 160 valence electrons. The molecule has 4 nitrogen and oxygen atoms in total. The third kappa shape index (κ3) is 5.16. The Morgan fingerprint density at radius 1 is 1.10 bits per heavy atom. The molecule has 0 radical (unpaired) electrons. The van der Waals surface area contributed by atoms with Crippen molar-refractivity contribution >= 4 is 17.5 Å². The van der Waals surface area contributed by atoms with E-state index in [0.29, 0.717) is 17.4 Å². The number of hydrogen-bond donors (Lipinski definition) is 1. The van der Waals surface area contributed by atoms with Gasteiger partial charge in [-0.05, 0) is 93.4 Å². The largest absolute Gasteiger partial charge is 0.497 e. The molecule has 0 spiro atoms. The number of piperidine rings is 1. The van der Waals surface area contributed by atoms with Crippen LogP contribution < -0.4 is 10.1 Å². The molecule has 0 aromatic heterocycles. The highest BCUT2D eigenvalue weighted by Gasteiger charge is 2.35. The van der Waals surface area contributed by atoms with Gasteiger partial charge in [0.2, 0.25) is 0 Å². The fourth-order valence-electron chi connectivity index (χ4n) is 5.00. The molecule has 1 heterocycles. The second-order valence-corrected chi connectivity index (χ2v) is 9.06. The molecular formula is C25H31ClN2O2. The summed E-state index contributed by atoms with van der Waals surface area (Å²) in [4.78, 5) is 15.4. The fraction of sp³-hybridized carbons (Fsp3) is 0.480. The van der Waals surface area contributed by atoms with Crippen LogP contribution in [-0.2, 0) is 6.42 Å². The van der Waals surface area contributed by atoms with Gasteiger partial charge in [0.15, 0.2) is 0 Å². The Morgan fingerprint density at radius 2 is 1.87 bits per heavy atom. The fourth-order valence-corrected chi connectivity index (χ4v) is 5.13.